The number of hydrogen-bond donors (Lipinski definition) is 3. The number of benzene rings is 2. The van der Waals surface area contributed by atoms with Gasteiger partial charge in [-0.15, -0.1) is 0 Å². The fourth-order valence-corrected chi connectivity index (χ4v) is 3.14. The van der Waals surface area contributed by atoms with E-state index in [1.807, 2.05) is 6.07 Å². The van der Waals surface area contributed by atoms with Crippen LogP contribution in [0.5, 0.6) is 5.75 Å². The van der Waals surface area contributed by atoms with E-state index in [0.717, 1.165) is 10.9 Å². The number of aromatic amines is 1. The summed E-state index contributed by atoms with van der Waals surface area (Å²) in [5, 5.41) is 11.1. The number of nitrogens with one attached hydrogen (secondary N) is 3. The summed E-state index contributed by atoms with van der Waals surface area (Å²) in [5.41, 5.74) is 2.35. The number of methoxy groups -OCH3 is 1. The maximum atomic E-state index is 12.5. The summed E-state index contributed by atoms with van der Waals surface area (Å²) in [4.78, 5) is 27.7. The van der Waals surface area contributed by atoms with Gasteiger partial charge in [0.1, 0.15) is 18.0 Å². The monoisotopic (exact) mass is 423 g/mol. The van der Waals surface area contributed by atoms with Crippen molar-refractivity contribution in [2.45, 2.75) is 6.54 Å². The quantitative estimate of drug-likeness (QED) is 0.437. The Balaban J connectivity index is 1.36. The van der Waals surface area contributed by atoms with Crippen molar-refractivity contribution < 1.29 is 14.3 Å². The Kier molecular flexibility index (Phi) is 5.40. The molecule has 0 saturated heterocycles. The van der Waals surface area contributed by atoms with Gasteiger partial charge in [-0.3, -0.25) is 14.3 Å². The number of anilines is 2. The van der Waals surface area contributed by atoms with E-state index in [4.69, 9.17) is 16.3 Å². The molecule has 0 aliphatic carbocycles. The zero-order chi connectivity index (χ0) is 21.1. The summed E-state index contributed by atoms with van der Waals surface area (Å²) in [7, 11) is 1.58. The normalized spacial score (nSPS) is 10.7. The van der Waals surface area contributed by atoms with Crippen LogP contribution in [0.3, 0.4) is 0 Å². The second-order valence-electron chi connectivity index (χ2n) is 6.57. The number of carbonyl (C=O) groups excluding carboxylic acids is 2. The first-order chi connectivity index (χ1) is 14.5. The lowest BCUT2D eigenvalue weighted by Gasteiger charge is -2.06. The first-order valence-electron chi connectivity index (χ1n) is 9.06. The van der Waals surface area contributed by atoms with Gasteiger partial charge in [-0.1, -0.05) is 11.6 Å². The topological polar surface area (TPSA) is 101 Å². The number of halogens is 1. The van der Waals surface area contributed by atoms with Gasteiger partial charge in [0.25, 0.3) is 5.91 Å². The van der Waals surface area contributed by atoms with Crippen LogP contribution in [0.1, 0.15) is 10.5 Å². The predicted molar refractivity (Wildman–Crippen MR) is 115 cm³/mol. The van der Waals surface area contributed by atoms with E-state index in [1.165, 1.54) is 10.9 Å². The number of aromatic nitrogens is 3. The highest BCUT2D eigenvalue weighted by atomic mass is 35.5. The van der Waals surface area contributed by atoms with E-state index in [1.54, 1.807) is 55.8 Å². The molecule has 0 bridgehead atoms. The summed E-state index contributed by atoms with van der Waals surface area (Å²) in [6.45, 7) is 0.00673. The van der Waals surface area contributed by atoms with Gasteiger partial charge in [0.2, 0.25) is 5.91 Å². The van der Waals surface area contributed by atoms with Crippen LogP contribution in [0.25, 0.3) is 10.9 Å². The highest BCUT2D eigenvalue weighted by Crippen LogP contribution is 2.21. The Morgan fingerprint density at radius 3 is 2.67 bits per heavy atom. The highest BCUT2D eigenvalue weighted by Gasteiger charge is 2.12. The Morgan fingerprint density at radius 2 is 1.90 bits per heavy atom. The molecular weight excluding hydrogens is 406 g/mol. The van der Waals surface area contributed by atoms with Crippen LogP contribution < -0.4 is 15.4 Å². The molecule has 9 heteroatoms. The summed E-state index contributed by atoms with van der Waals surface area (Å²) >= 11 is 5.98. The molecule has 0 aliphatic rings. The van der Waals surface area contributed by atoms with Gasteiger partial charge in [0.05, 0.1) is 19.0 Å². The molecule has 2 amide bonds. The highest BCUT2D eigenvalue weighted by molar-refractivity contribution is 6.31. The Bertz CT molecular complexity index is 1210. The van der Waals surface area contributed by atoms with E-state index >= 15 is 0 Å². The van der Waals surface area contributed by atoms with Crippen LogP contribution in [0.2, 0.25) is 5.02 Å². The largest absolute Gasteiger partial charge is 0.497 e. The fourth-order valence-electron chi connectivity index (χ4n) is 2.96. The molecular formula is C21H18ClN5O3. The van der Waals surface area contributed by atoms with Crippen molar-refractivity contribution >= 4 is 45.7 Å². The van der Waals surface area contributed by atoms with E-state index < -0.39 is 0 Å². The molecule has 0 fully saturated rings. The van der Waals surface area contributed by atoms with Crippen molar-refractivity contribution in [1.82, 2.24) is 14.8 Å². The summed E-state index contributed by atoms with van der Waals surface area (Å²) in [6, 6.07) is 14.1. The van der Waals surface area contributed by atoms with Crippen molar-refractivity contribution in [2.75, 3.05) is 17.7 Å². The summed E-state index contributed by atoms with van der Waals surface area (Å²) < 4.78 is 6.53. The van der Waals surface area contributed by atoms with Crippen molar-refractivity contribution in [3.05, 3.63) is 71.6 Å². The third-order valence-corrected chi connectivity index (χ3v) is 4.63. The number of fused-ring (bicyclic) bond motifs is 1. The second-order valence-corrected chi connectivity index (χ2v) is 7.01. The number of nitrogens with zero attached hydrogens (tertiary/aromatic N) is 2. The predicted octanol–water partition coefficient (Wildman–Crippen LogP) is 3.92. The maximum absolute atomic E-state index is 12.5. The molecule has 0 spiro atoms. The number of hydrogen-bond acceptors (Lipinski definition) is 4. The standard InChI is InChI=1S/C21H18ClN5O3/c1-30-17-5-3-15(4-6-17)24-20(28)12-27-11-16(10-23-27)25-21(29)19-9-13-8-14(22)2-7-18(13)26-19/h2-11,26H,12H2,1H3,(H,24,28)(H,25,29). The van der Waals surface area contributed by atoms with Gasteiger partial charge in [-0.05, 0) is 48.5 Å². The molecule has 0 aliphatic heterocycles. The minimum absolute atomic E-state index is 0.00673. The van der Waals surface area contributed by atoms with Crippen LogP contribution >= 0.6 is 11.6 Å². The lowest BCUT2D eigenvalue weighted by atomic mass is 10.2. The van der Waals surface area contributed by atoms with Crippen LogP contribution in [0, 0.1) is 0 Å². The smallest absolute Gasteiger partial charge is 0.272 e. The van der Waals surface area contributed by atoms with Crippen molar-refractivity contribution in [3.8, 4) is 5.75 Å². The van der Waals surface area contributed by atoms with Crippen molar-refractivity contribution in [1.29, 1.82) is 0 Å². The molecule has 0 unspecified atom stereocenters. The molecule has 4 rings (SSSR count). The molecule has 0 atom stereocenters. The van der Waals surface area contributed by atoms with Crippen molar-refractivity contribution in [3.63, 3.8) is 0 Å². The molecule has 0 radical (unpaired) electrons. The molecule has 30 heavy (non-hydrogen) atoms. The van der Waals surface area contributed by atoms with E-state index in [0.29, 0.717) is 27.8 Å². The summed E-state index contributed by atoms with van der Waals surface area (Å²) in [5.74, 6) is 0.150. The lowest BCUT2D eigenvalue weighted by molar-refractivity contribution is -0.116. The van der Waals surface area contributed by atoms with Gasteiger partial charge in [0.15, 0.2) is 0 Å². The first-order valence-corrected chi connectivity index (χ1v) is 9.44. The molecule has 2 heterocycles. The van der Waals surface area contributed by atoms with Gasteiger partial charge >= 0.3 is 0 Å². The lowest BCUT2D eigenvalue weighted by Crippen LogP contribution is -2.19. The number of H-pyrrole nitrogens is 1. The molecule has 152 valence electrons. The molecule has 8 nitrogen and oxygen atoms in total. The Morgan fingerprint density at radius 1 is 1.10 bits per heavy atom. The van der Waals surface area contributed by atoms with Gasteiger partial charge in [-0.25, -0.2) is 0 Å². The Hall–Kier alpha value is -3.78. The van der Waals surface area contributed by atoms with Crippen LogP contribution in [0.15, 0.2) is 60.9 Å². The number of carbonyl (C=O) groups is 2. The van der Waals surface area contributed by atoms with E-state index in [-0.39, 0.29) is 18.4 Å². The van der Waals surface area contributed by atoms with Crippen molar-refractivity contribution in [2.24, 2.45) is 0 Å². The van der Waals surface area contributed by atoms with Gasteiger partial charge in [-0.2, -0.15) is 5.10 Å². The van der Waals surface area contributed by atoms with E-state index in [2.05, 4.69) is 20.7 Å². The summed E-state index contributed by atoms with van der Waals surface area (Å²) in [6.07, 6.45) is 3.07. The van der Waals surface area contributed by atoms with Crippen LogP contribution in [-0.2, 0) is 11.3 Å². The maximum Gasteiger partial charge on any atom is 0.272 e. The molecule has 3 N–H and O–H groups in total. The number of ether oxygens (including phenoxy) is 1. The third kappa shape index (κ3) is 4.44. The first kappa shape index (κ1) is 19.5. The minimum Gasteiger partial charge on any atom is -0.497 e. The average Bonchev–Trinajstić information content (AvgIpc) is 3.34. The van der Waals surface area contributed by atoms with Crippen LogP contribution in [0.4, 0.5) is 11.4 Å². The molecule has 0 saturated carbocycles. The molecule has 2 aromatic carbocycles. The Labute approximate surface area is 176 Å². The fraction of sp³-hybridized carbons (Fsp3) is 0.0952. The van der Waals surface area contributed by atoms with E-state index in [9.17, 15) is 9.59 Å². The zero-order valence-electron chi connectivity index (χ0n) is 16.0. The SMILES string of the molecule is COc1ccc(NC(=O)Cn2cc(NC(=O)c3cc4cc(Cl)ccc4[nH]3)cn2)cc1. The van der Waals surface area contributed by atoms with Gasteiger partial charge in [0, 0.05) is 27.8 Å². The molecule has 2 aromatic heterocycles. The number of amides is 2. The second kappa shape index (κ2) is 8.30. The van der Waals surface area contributed by atoms with Crippen LogP contribution in [-0.4, -0.2) is 33.7 Å². The zero-order valence-corrected chi connectivity index (χ0v) is 16.7. The van der Waals surface area contributed by atoms with Gasteiger partial charge < -0.3 is 20.4 Å². The number of rotatable bonds is 6. The average molecular weight is 424 g/mol. The minimum atomic E-state index is -0.315. The third-order valence-electron chi connectivity index (χ3n) is 4.40. The molecule has 4 aromatic rings.